The van der Waals surface area contributed by atoms with Crippen LogP contribution < -0.4 is 22.3 Å². The van der Waals surface area contributed by atoms with E-state index in [4.69, 9.17) is 10.5 Å². The fourth-order valence-electron chi connectivity index (χ4n) is 2.70. The highest BCUT2D eigenvalue weighted by Gasteiger charge is 2.22. The summed E-state index contributed by atoms with van der Waals surface area (Å²) in [4.78, 5) is 50.3. The van der Waals surface area contributed by atoms with Crippen molar-refractivity contribution in [3.05, 3.63) is 68.5 Å². The van der Waals surface area contributed by atoms with E-state index in [1.165, 1.54) is 13.1 Å². The van der Waals surface area contributed by atoms with E-state index in [0.29, 0.717) is 31.4 Å². The van der Waals surface area contributed by atoms with Gasteiger partial charge in [0.05, 0.1) is 0 Å². The minimum atomic E-state index is -0.850. The van der Waals surface area contributed by atoms with Crippen molar-refractivity contribution in [1.29, 1.82) is 0 Å². The van der Waals surface area contributed by atoms with Crippen LogP contribution >= 0.6 is 0 Å². The lowest BCUT2D eigenvalue weighted by molar-refractivity contribution is -0.149. The van der Waals surface area contributed by atoms with Crippen molar-refractivity contribution < 1.29 is 14.3 Å². The van der Waals surface area contributed by atoms with Gasteiger partial charge in [-0.3, -0.25) is 19.1 Å². The Hall–Kier alpha value is -3.20. The molecule has 1 atom stereocenters. The predicted octanol–water partition coefficient (Wildman–Crippen LogP) is 0.202. The largest absolute Gasteiger partial charge is 0.459 e. The minimum Gasteiger partial charge on any atom is -0.459 e. The Kier molecular flexibility index (Phi) is 8.35. The summed E-state index contributed by atoms with van der Waals surface area (Å²) in [5, 5.41) is 2.62. The number of carbonyl (C=O) groups excluding carboxylic acids is 2. The standard InChI is InChI=1S/C20H26N4O5/c1-14-11-24(20(28)23-18(14)26)12-17(25)22-16(9-5-6-10-21)19(27)29-13-15-7-3-2-4-8-15/h2-4,7-8,11,16H,5-6,9-10,12-13,21H2,1H3,(H,22,25)(H,23,26,28)/t16-/m0/s1. The molecular formula is C20H26N4O5. The van der Waals surface area contributed by atoms with Crippen LogP contribution in [0.2, 0.25) is 0 Å². The number of amides is 1. The lowest BCUT2D eigenvalue weighted by Gasteiger charge is -2.18. The highest BCUT2D eigenvalue weighted by atomic mass is 16.5. The van der Waals surface area contributed by atoms with E-state index in [0.717, 1.165) is 10.1 Å². The van der Waals surface area contributed by atoms with Gasteiger partial charge in [-0.2, -0.15) is 0 Å². The van der Waals surface area contributed by atoms with Gasteiger partial charge in [-0.05, 0) is 38.3 Å². The van der Waals surface area contributed by atoms with Gasteiger partial charge >= 0.3 is 11.7 Å². The minimum absolute atomic E-state index is 0.0987. The topological polar surface area (TPSA) is 136 Å². The zero-order valence-electron chi connectivity index (χ0n) is 16.3. The third-order valence-corrected chi connectivity index (χ3v) is 4.29. The highest BCUT2D eigenvalue weighted by molar-refractivity contribution is 5.84. The second kappa shape index (κ2) is 11.0. The summed E-state index contributed by atoms with van der Waals surface area (Å²) in [6.07, 6.45) is 3.02. The summed E-state index contributed by atoms with van der Waals surface area (Å²) >= 11 is 0. The van der Waals surface area contributed by atoms with Crippen LogP contribution in [0.3, 0.4) is 0 Å². The Morgan fingerprint density at radius 2 is 1.93 bits per heavy atom. The quantitative estimate of drug-likeness (QED) is 0.384. The Bertz CT molecular complexity index is 936. The number of aromatic nitrogens is 2. The maximum absolute atomic E-state index is 12.5. The van der Waals surface area contributed by atoms with Crippen LogP contribution in [-0.4, -0.2) is 34.0 Å². The number of benzene rings is 1. The lowest BCUT2D eigenvalue weighted by Crippen LogP contribution is -2.44. The summed E-state index contributed by atoms with van der Waals surface area (Å²) in [5.41, 5.74) is 5.45. The van der Waals surface area contributed by atoms with Gasteiger partial charge in [0.1, 0.15) is 19.2 Å². The third kappa shape index (κ3) is 7.04. The number of hydrogen-bond donors (Lipinski definition) is 3. The number of esters is 1. The van der Waals surface area contributed by atoms with Crippen LogP contribution in [0.1, 0.15) is 30.4 Å². The normalized spacial score (nSPS) is 11.7. The van der Waals surface area contributed by atoms with Gasteiger partial charge < -0.3 is 15.8 Å². The van der Waals surface area contributed by atoms with Gasteiger partial charge in [-0.15, -0.1) is 0 Å². The molecule has 0 aliphatic carbocycles. The maximum Gasteiger partial charge on any atom is 0.328 e. The number of nitrogens with one attached hydrogen (secondary N) is 2. The van der Waals surface area contributed by atoms with Crippen molar-refractivity contribution in [1.82, 2.24) is 14.9 Å². The number of aromatic amines is 1. The molecule has 9 heteroatoms. The number of nitrogens with zero attached hydrogens (tertiary/aromatic N) is 1. The molecule has 0 radical (unpaired) electrons. The van der Waals surface area contributed by atoms with Crippen LogP contribution in [0.25, 0.3) is 0 Å². The van der Waals surface area contributed by atoms with E-state index in [1.54, 1.807) is 0 Å². The highest BCUT2D eigenvalue weighted by Crippen LogP contribution is 2.06. The average molecular weight is 402 g/mol. The van der Waals surface area contributed by atoms with Gasteiger partial charge in [-0.25, -0.2) is 9.59 Å². The number of hydrogen-bond acceptors (Lipinski definition) is 6. The van der Waals surface area contributed by atoms with Crippen LogP contribution in [0.5, 0.6) is 0 Å². The molecule has 0 saturated carbocycles. The third-order valence-electron chi connectivity index (χ3n) is 4.29. The van der Waals surface area contributed by atoms with Crippen molar-refractivity contribution in [3.63, 3.8) is 0 Å². The van der Waals surface area contributed by atoms with E-state index in [2.05, 4.69) is 10.3 Å². The van der Waals surface area contributed by atoms with Crippen molar-refractivity contribution in [2.24, 2.45) is 5.73 Å². The fourth-order valence-corrected chi connectivity index (χ4v) is 2.70. The number of unbranched alkanes of at least 4 members (excludes halogenated alkanes) is 1. The summed E-state index contributed by atoms with van der Waals surface area (Å²) in [7, 11) is 0. The van der Waals surface area contributed by atoms with E-state index in [1.807, 2.05) is 30.3 Å². The predicted molar refractivity (Wildman–Crippen MR) is 107 cm³/mol. The van der Waals surface area contributed by atoms with Crippen molar-refractivity contribution in [2.75, 3.05) is 6.54 Å². The van der Waals surface area contributed by atoms with Gasteiger partial charge in [0.2, 0.25) is 5.91 Å². The monoisotopic (exact) mass is 402 g/mol. The molecule has 156 valence electrons. The second-order valence-electron chi connectivity index (χ2n) is 6.70. The summed E-state index contributed by atoms with van der Waals surface area (Å²) in [6, 6.07) is 8.36. The molecule has 2 rings (SSSR count). The van der Waals surface area contributed by atoms with Gasteiger partial charge in [-0.1, -0.05) is 30.3 Å². The van der Waals surface area contributed by atoms with E-state index >= 15 is 0 Å². The fraction of sp³-hybridized carbons (Fsp3) is 0.400. The SMILES string of the molecule is Cc1cn(CC(=O)N[C@@H](CCCCN)C(=O)OCc2ccccc2)c(=O)[nH]c1=O. The first kappa shape index (κ1) is 22.1. The Labute approximate surface area is 167 Å². The molecule has 4 N–H and O–H groups in total. The van der Waals surface area contributed by atoms with Gasteiger partial charge in [0.15, 0.2) is 0 Å². The molecule has 1 heterocycles. The molecule has 0 unspecified atom stereocenters. The van der Waals surface area contributed by atoms with Crippen LogP contribution in [0.15, 0.2) is 46.1 Å². The molecule has 2 aromatic rings. The smallest absolute Gasteiger partial charge is 0.328 e. The summed E-state index contributed by atoms with van der Waals surface area (Å²) in [5.74, 6) is -1.09. The van der Waals surface area contributed by atoms with Crippen LogP contribution in [0, 0.1) is 6.92 Å². The molecule has 29 heavy (non-hydrogen) atoms. The number of aryl methyl sites for hydroxylation is 1. The Morgan fingerprint density at radius 3 is 2.62 bits per heavy atom. The molecule has 0 spiro atoms. The Morgan fingerprint density at radius 1 is 1.21 bits per heavy atom. The zero-order valence-corrected chi connectivity index (χ0v) is 16.3. The first-order valence-corrected chi connectivity index (χ1v) is 9.41. The summed E-state index contributed by atoms with van der Waals surface area (Å²) < 4.78 is 6.41. The van der Waals surface area contributed by atoms with E-state index in [-0.39, 0.29) is 13.2 Å². The van der Waals surface area contributed by atoms with Gasteiger partial charge in [0.25, 0.3) is 5.56 Å². The molecule has 0 aliphatic rings. The van der Waals surface area contributed by atoms with Crippen LogP contribution in [-0.2, 0) is 27.5 Å². The van der Waals surface area contributed by atoms with Crippen molar-refractivity contribution in [2.45, 2.75) is 45.4 Å². The van der Waals surface area contributed by atoms with E-state index < -0.39 is 29.2 Å². The number of carbonyl (C=O) groups is 2. The zero-order chi connectivity index (χ0) is 21.2. The molecule has 1 aromatic carbocycles. The molecule has 0 saturated heterocycles. The molecule has 1 aromatic heterocycles. The first-order valence-electron chi connectivity index (χ1n) is 9.41. The van der Waals surface area contributed by atoms with Gasteiger partial charge in [0, 0.05) is 11.8 Å². The lowest BCUT2D eigenvalue weighted by atomic mass is 10.1. The number of nitrogens with two attached hydrogens (primary N) is 1. The number of H-pyrrole nitrogens is 1. The number of rotatable bonds is 10. The molecular weight excluding hydrogens is 376 g/mol. The summed E-state index contributed by atoms with van der Waals surface area (Å²) in [6.45, 7) is 1.78. The molecule has 0 aliphatic heterocycles. The molecule has 1 amide bonds. The molecule has 0 fully saturated rings. The Balaban J connectivity index is 2.01. The van der Waals surface area contributed by atoms with Crippen molar-refractivity contribution >= 4 is 11.9 Å². The first-order chi connectivity index (χ1) is 13.9. The maximum atomic E-state index is 12.5. The molecule has 9 nitrogen and oxygen atoms in total. The average Bonchev–Trinajstić information content (AvgIpc) is 2.70. The molecule has 0 bridgehead atoms. The van der Waals surface area contributed by atoms with E-state index in [9.17, 15) is 19.2 Å². The van der Waals surface area contributed by atoms with Crippen LogP contribution in [0.4, 0.5) is 0 Å². The second-order valence-corrected chi connectivity index (χ2v) is 6.70. The van der Waals surface area contributed by atoms with Crippen molar-refractivity contribution in [3.8, 4) is 0 Å². The number of ether oxygens (including phenoxy) is 1.